The van der Waals surface area contributed by atoms with E-state index in [2.05, 4.69) is 21.4 Å². The van der Waals surface area contributed by atoms with E-state index in [4.69, 9.17) is 60.6 Å². The predicted octanol–water partition coefficient (Wildman–Crippen LogP) is 18.2. The van der Waals surface area contributed by atoms with Crippen LogP contribution in [0, 0.1) is 0 Å². The smallest absolute Gasteiger partial charge is 0.350 e. The zero-order valence-electron chi connectivity index (χ0n) is 50.7. The zero-order chi connectivity index (χ0) is 66.9. The Morgan fingerprint density at radius 1 is 0.424 bits per heavy atom. The molecule has 4 heterocycles. The Morgan fingerprint density at radius 2 is 0.750 bits per heavy atom. The summed E-state index contributed by atoms with van der Waals surface area (Å²) in [6.07, 6.45) is 0. The molecule has 0 radical (unpaired) electrons. The molecule has 16 nitrogen and oxygen atoms in total. The SMILES string of the molecule is CN(C)N(C(=O)c1ccc(Cl)cc1Cl)c1cc(-c2ccccc2)sc1C(=O)O.COC(=O)c1sc(-c2ccccc2)cc1Br.COC(=O)c1sc(-c2ccccc2)cc1N(C(=O)c1ccc(Cl)cc1Cl)N(C)C.COC(=O)c1sc(-c2ccccc2)cc1NN(C)C. The minimum Gasteiger partial charge on any atom is -0.477 e. The van der Waals surface area contributed by atoms with Crippen molar-refractivity contribution in [1.82, 2.24) is 15.0 Å². The van der Waals surface area contributed by atoms with Gasteiger partial charge < -0.3 is 24.7 Å². The molecule has 0 atom stereocenters. The molecule has 0 saturated carbocycles. The number of anilines is 3. The normalized spacial score (nSPS) is 10.7. The minimum absolute atomic E-state index is 0.0611. The van der Waals surface area contributed by atoms with E-state index < -0.39 is 17.8 Å². The molecule has 2 amide bonds. The Bertz CT molecular complexity index is 4210. The number of ether oxygens (including phenoxy) is 3. The van der Waals surface area contributed by atoms with Gasteiger partial charge in [0.15, 0.2) is 0 Å². The zero-order valence-corrected chi connectivity index (χ0v) is 58.6. The molecule has 0 unspecified atom stereocenters. The number of carboxylic acid groups (broad SMARTS) is 1. The van der Waals surface area contributed by atoms with Crippen molar-refractivity contribution in [3.63, 3.8) is 0 Å². The molecular formula is C67H59BrCl4N6O10S4. The van der Waals surface area contributed by atoms with E-state index in [-0.39, 0.29) is 49.6 Å². The van der Waals surface area contributed by atoms with Gasteiger partial charge in [0.1, 0.15) is 19.5 Å². The molecule has 0 bridgehead atoms. The summed E-state index contributed by atoms with van der Waals surface area (Å²) in [7, 11) is 14.6. The van der Waals surface area contributed by atoms with Gasteiger partial charge in [-0.3, -0.25) is 9.59 Å². The van der Waals surface area contributed by atoms with Gasteiger partial charge in [-0.2, -0.15) is 0 Å². The van der Waals surface area contributed by atoms with Crippen molar-refractivity contribution in [3.05, 3.63) is 237 Å². The summed E-state index contributed by atoms with van der Waals surface area (Å²) in [5, 5.41) is 18.6. The van der Waals surface area contributed by atoms with Crippen LogP contribution in [0.1, 0.15) is 59.4 Å². The molecule has 10 aromatic rings. The van der Waals surface area contributed by atoms with Crippen molar-refractivity contribution in [1.29, 1.82) is 0 Å². The number of rotatable bonds is 16. The van der Waals surface area contributed by atoms with Crippen molar-refractivity contribution in [2.24, 2.45) is 0 Å². The number of hydrogen-bond donors (Lipinski definition) is 2. The summed E-state index contributed by atoms with van der Waals surface area (Å²) in [6.45, 7) is 0. The largest absolute Gasteiger partial charge is 0.477 e. The number of hydrazine groups is 3. The highest BCUT2D eigenvalue weighted by Crippen LogP contribution is 2.42. The Kier molecular flexibility index (Phi) is 26.3. The van der Waals surface area contributed by atoms with Crippen LogP contribution >= 0.6 is 108 Å². The van der Waals surface area contributed by atoms with Crippen LogP contribution in [-0.2, 0) is 14.2 Å². The molecule has 0 fully saturated rings. The van der Waals surface area contributed by atoms with Gasteiger partial charge in [-0.25, -0.2) is 44.2 Å². The maximum atomic E-state index is 13.3. The van der Waals surface area contributed by atoms with Crippen molar-refractivity contribution in [2.75, 3.05) is 79.1 Å². The van der Waals surface area contributed by atoms with E-state index in [0.29, 0.717) is 30.4 Å². The van der Waals surface area contributed by atoms with Gasteiger partial charge in [0.25, 0.3) is 11.8 Å². The number of nitrogens with zero attached hydrogens (tertiary/aromatic N) is 5. The van der Waals surface area contributed by atoms with Gasteiger partial charge in [0.2, 0.25) is 0 Å². The number of carboxylic acids is 1. The average Bonchev–Trinajstić information content (AvgIpc) is 1.58. The number of carbonyl (C=O) groups is 6. The lowest BCUT2D eigenvalue weighted by molar-refractivity contribution is 0.0596. The number of halogens is 5. The second-order valence-electron chi connectivity index (χ2n) is 19.7. The summed E-state index contributed by atoms with van der Waals surface area (Å²) in [4.78, 5) is 79.3. The van der Waals surface area contributed by atoms with Gasteiger partial charge >= 0.3 is 23.9 Å². The van der Waals surface area contributed by atoms with Gasteiger partial charge in [0, 0.05) is 76.3 Å². The van der Waals surface area contributed by atoms with Crippen LogP contribution in [0.5, 0.6) is 0 Å². The number of esters is 3. The maximum absolute atomic E-state index is 13.3. The molecule has 2 N–H and O–H groups in total. The number of hydrogen-bond acceptors (Lipinski definition) is 17. The maximum Gasteiger partial charge on any atom is 0.350 e. The number of methoxy groups -OCH3 is 3. The average molecular weight is 1460 g/mol. The molecule has 25 heteroatoms. The summed E-state index contributed by atoms with van der Waals surface area (Å²) in [5.41, 5.74) is 9.07. The highest BCUT2D eigenvalue weighted by Gasteiger charge is 2.31. The molecule has 6 aromatic carbocycles. The van der Waals surface area contributed by atoms with Crippen LogP contribution in [-0.4, -0.2) is 119 Å². The third kappa shape index (κ3) is 18.3. The number of thiophene rings is 4. The fourth-order valence-corrected chi connectivity index (χ4v) is 14.4. The highest BCUT2D eigenvalue weighted by molar-refractivity contribution is 9.10. The van der Waals surface area contributed by atoms with Gasteiger partial charge in [-0.05, 0) is 98.8 Å². The standard InChI is InChI=1S/C21H18Cl2N2O3S.C20H16Cl2N2O3S.C14H16N2O2S.C12H9BrO2S/c1-24(2)25(20(26)15-10-9-14(22)11-16(15)23)17-12-18(13-7-5-4-6-8-13)29-19(17)21(27)28-3;1-23(2)24(19(25)14-9-8-13(21)10-15(14)22)16-11-17(28-18(16)20(26)27)12-6-4-3-5-7-12;1-16(2)15-11-9-12(10-7-5-4-6-8-10)19-13(11)14(17)18-3;1-15-12(14)11-9(13)7-10(16-11)8-5-3-2-4-6-8/h4-12H,1-3H3;3-11H,1-2H3,(H,26,27);4-9,15H,1-3H3;2-7H,1H3. The van der Waals surface area contributed by atoms with E-state index in [9.17, 15) is 33.9 Å². The lowest BCUT2D eigenvalue weighted by Gasteiger charge is -2.29. The van der Waals surface area contributed by atoms with Crippen LogP contribution in [0.15, 0.2) is 186 Å². The number of benzene rings is 6. The summed E-state index contributed by atoms with van der Waals surface area (Å²) in [5.74, 6) is -3.10. The molecular weight excluding hydrogens is 1400 g/mol. The van der Waals surface area contributed by atoms with Gasteiger partial charge in [-0.1, -0.05) is 168 Å². The fourth-order valence-electron chi connectivity index (χ4n) is 8.58. The Labute approximate surface area is 576 Å². The summed E-state index contributed by atoms with van der Waals surface area (Å²) >= 11 is 32.9. The van der Waals surface area contributed by atoms with Crippen LogP contribution < -0.4 is 15.4 Å². The monoisotopic (exact) mass is 1450 g/mol. The summed E-state index contributed by atoms with van der Waals surface area (Å²) in [6, 6.07) is 55.6. The van der Waals surface area contributed by atoms with Crippen LogP contribution in [0.2, 0.25) is 20.1 Å². The lowest BCUT2D eigenvalue weighted by atomic mass is 10.1. The third-order valence-electron chi connectivity index (χ3n) is 12.7. The topological polar surface area (TPSA) is 179 Å². The number of amides is 2. The first-order valence-electron chi connectivity index (χ1n) is 27.2. The van der Waals surface area contributed by atoms with E-state index >= 15 is 0 Å². The molecule has 0 aliphatic carbocycles. The predicted molar refractivity (Wildman–Crippen MR) is 379 cm³/mol. The lowest BCUT2D eigenvalue weighted by Crippen LogP contribution is -2.42. The van der Waals surface area contributed by atoms with Gasteiger partial charge in [0.05, 0.1) is 59.6 Å². The molecule has 4 aromatic heterocycles. The number of carbonyl (C=O) groups excluding carboxylic acids is 5. The second-order valence-corrected chi connectivity index (χ2v) is 26.5. The highest BCUT2D eigenvalue weighted by atomic mass is 79.9. The first-order valence-corrected chi connectivity index (χ1v) is 32.8. The molecule has 0 spiro atoms. The number of aromatic carboxylic acids is 1. The van der Waals surface area contributed by atoms with E-state index in [1.54, 1.807) is 68.5 Å². The molecule has 10 rings (SSSR count). The molecule has 92 heavy (non-hydrogen) atoms. The van der Waals surface area contributed by atoms with E-state index in [0.717, 1.165) is 63.3 Å². The minimum atomic E-state index is -1.11. The van der Waals surface area contributed by atoms with E-state index in [1.165, 1.54) is 88.6 Å². The Morgan fingerprint density at radius 3 is 1.11 bits per heavy atom. The third-order valence-corrected chi connectivity index (χ3v) is 19.3. The first-order chi connectivity index (χ1) is 44.0. The molecule has 0 aliphatic heterocycles. The first kappa shape index (κ1) is 71.7. The van der Waals surface area contributed by atoms with Crippen molar-refractivity contribution in [3.8, 4) is 41.8 Å². The van der Waals surface area contributed by atoms with Crippen LogP contribution in [0.25, 0.3) is 41.8 Å². The van der Waals surface area contributed by atoms with Crippen molar-refractivity contribution in [2.45, 2.75) is 0 Å². The molecule has 0 aliphatic rings. The van der Waals surface area contributed by atoms with E-state index in [1.807, 2.05) is 148 Å². The molecule has 0 saturated heterocycles. The van der Waals surface area contributed by atoms with Crippen molar-refractivity contribution < 1.29 is 48.1 Å². The van der Waals surface area contributed by atoms with Crippen LogP contribution in [0.3, 0.4) is 0 Å². The van der Waals surface area contributed by atoms with Crippen molar-refractivity contribution >= 4 is 160 Å². The Balaban J connectivity index is 0.000000179. The number of nitrogens with one attached hydrogen (secondary N) is 1. The van der Waals surface area contributed by atoms with Crippen LogP contribution in [0.4, 0.5) is 17.1 Å². The Hall–Kier alpha value is -7.74. The van der Waals surface area contributed by atoms with Gasteiger partial charge in [-0.15, -0.1) is 45.3 Å². The second kappa shape index (κ2) is 33.7. The fraction of sp³-hybridized carbons (Fsp3) is 0.134. The summed E-state index contributed by atoms with van der Waals surface area (Å²) < 4.78 is 15.3. The quantitative estimate of drug-likeness (QED) is 0.0530. The molecule has 476 valence electrons.